The number of carbonyl (C=O) groups is 1. The molecule has 1 aliphatic rings. The predicted octanol–water partition coefficient (Wildman–Crippen LogP) is 2.13. The molecule has 0 radical (unpaired) electrons. The van der Waals surface area contributed by atoms with Gasteiger partial charge in [-0.1, -0.05) is 6.07 Å². The molecule has 0 aliphatic carbocycles. The van der Waals surface area contributed by atoms with Gasteiger partial charge < -0.3 is 10.3 Å². The summed E-state index contributed by atoms with van der Waals surface area (Å²) in [5.41, 5.74) is 4.80. The van der Waals surface area contributed by atoms with Gasteiger partial charge in [-0.15, -0.1) is 0 Å². The SMILES string of the molecule is CS(=O)(=O)N1CCc2ccc(NC(=O)c3ccc4nc[nH]c4c3)cc2C1. The van der Waals surface area contributed by atoms with Gasteiger partial charge in [-0.2, -0.15) is 4.31 Å². The third kappa shape index (κ3) is 3.21. The van der Waals surface area contributed by atoms with Crippen molar-refractivity contribution in [3.05, 3.63) is 59.4 Å². The fourth-order valence-electron chi connectivity index (χ4n) is 3.17. The van der Waals surface area contributed by atoms with E-state index in [0.717, 1.165) is 22.2 Å². The first-order chi connectivity index (χ1) is 12.4. The first kappa shape index (κ1) is 16.7. The van der Waals surface area contributed by atoms with Crippen LogP contribution in [0.3, 0.4) is 0 Å². The van der Waals surface area contributed by atoms with Crippen molar-refractivity contribution in [2.24, 2.45) is 0 Å². The Hall–Kier alpha value is -2.71. The molecule has 0 bridgehead atoms. The molecule has 0 saturated heterocycles. The predicted molar refractivity (Wildman–Crippen MR) is 99.4 cm³/mol. The molecule has 8 heteroatoms. The van der Waals surface area contributed by atoms with Crippen molar-refractivity contribution in [3.63, 3.8) is 0 Å². The number of fused-ring (bicyclic) bond motifs is 2. The Morgan fingerprint density at radius 2 is 2.04 bits per heavy atom. The van der Waals surface area contributed by atoms with E-state index in [9.17, 15) is 13.2 Å². The number of nitrogens with one attached hydrogen (secondary N) is 2. The molecule has 4 rings (SSSR count). The summed E-state index contributed by atoms with van der Waals surface area (Å²) in [7, 11) is -3.23. The van der Waals surface area contributed by atoms with E-state index < -0.39 is 10.0 Å². The van der Waals surface area contributed by atoms with Crippen molar-refractivity contribution < 1.29 is 13.2 Å². The number of sulfonamides is 1. The summed E-state index contributed by atoms with van der Waals surface area (Å²) in [5, 5.41) is 2.88. The molecule has 7 nitrogen and oxygen atoms in total. The van der Waals surface area contributed by atoms with E-state index in [-0.39, 0.29) is 5.91 Å². The molecule has 0 fully saturated rings. The number of amides is 1. The molecule has 26 heavy (non-hydrogen) atoms. The smallest absolute Gasteiger partial charge is 0.255 e. The van der Waals surface area contributed by atoms with Crippen LogP contribution in [0.5, 0.6) is 0 Å². The second-order valence-corrected chi connectivity index (χ2v) is 8.40. The molecule has 0 spiro atoms. The highest BCUT2D eigenvalue weighted by atomic mass is 32.2. The summed E-state index contributed by atoms with van der Waals surface area (Å²) in [6, 6.07) is 10.9. The molecule has 134 valence electrons. The summed E-state index contributed by atoms with van der Waals surface area (Å²) in [5.74, 6) is -0.225. The fraction of sp³-hybridized carbons (Fsp3) is 0.222. The van der Waals surface area contributed by atoms with Crippen LogP contribution < -0.4 is 5.32 Å². The van der Waals surface area contributed by atoms with Gasteiger partial charge in [0, 0.05) is 24.3 Å². The zero-order valence-electron chi connectivity index (χ0n) is 14.2. The van der Waals surface area contributed by atoms with E-state index in [1.165, 1.54) is 10.6 Å². The van der Waals surface area contributed by atoms with Gasteiger partial charge in [-0.05, 0) is 47.9 Å². The number of imidazole rings is 1. The van der Waals surface area contributed by atoms with Crippen molar-refractivity contribution in [1.82, 2.24) is 14.3 Å². The molecule has 1 aliphatic heterocycles. The van der Waals surface area contributed by atoms with Crippen LogP contribution in [0.25, 0.3) is 11.0 Å². The quantitative estimate of drug-likeness (QED) is 0.738. The standard InChI is InChI=1S/C18H18N4O3S/c1-26(24,25)22-7-6-12-2-4-15(8-14(12)10-22)21-18(23)13-3-5-16-17(9-13)20-11-19-16/h2-5,8-9,11H,6-7,10H2,1H3,(H,19,20)(H,21,23). The average molecular weight is 370 g/mol. The van der Waals surface area contributed by atoms with Crippen LogP contribution >= 0.6 is 0 Å². The zero-order valence-corrected chi connectivity index (χ0v) is 15.0. The van der Waals surface area contributed by atoms with E-state index >= 15 is 0 Å². The maximum absolute atomic E-state index is 12.5. The van der Waals surface area contributed by atoms with Gasteiger partial charge in [0.05, 0.1) is 23.6 Å². The van der Waals surface area contributed by atoms with E-state index in [0.29, 0.717) is 30.8 Å². The second kappa shape index (κ2) is 6.22. The highest BCUT2D eigenvalue weighted by Gasteiger charge is 2.23. The van der Waals surface area contributed by atoms with Crippen LogP contribution in [0.1, 0.15) is 21.5 Å². The summed E-state index contributed by atoms with van der Waals surface area (Å²) in [4.78, 5) is 19.6. The van der Waals surface area contributed by atoms with Crippen LogP contribution in [0.2, 0.25) is 0 Å². The molecular formula is C18H18N4O3S. The Labute approximate surface area is 151 Å². The minimum absolute atomic E-state index is 0.225. The molecule has 1 aromatic heterocycles. The van der Waals surface area contributed by atoms with E-state index in [4.69, 9.17) is 0 Å². The van der Waals surface area contributed by atoms with Crippen molar-refractivity contribution in [2.45, 2.75) is 13.0 Å². The van der Waals surface area contributed by atoms with Crippen molar-refractivity contribution >= 4 is 32.7 Å². The Balaban J connectivity index is 1.56. The topological polar surface area (TPSA) is 95.2 Å². The Morgan fingerprint density at radius 3 is 2.85 bits per heavy atom. The number of H-pyrrole nitrogens is 1. The minimum atomic E-state index is -3.23. The molecule has 0 saturated carbocycles. The van der Waals surface area contributed by atoms with Gasteiger partial charge in [0.25, 0.3) is 5.91 Å². The van der Waals surface area contributed by atoms with Crippen molar-refractivity contribution in [3.8, 4) is 0 Å². The Bertz CT molecular complexity index is 1100. The lowest BCUT2D eigenvalue weighted by Crippen LogP contribution is -2.35. The molecule has 1 amide bonds. The molecule has 2 N–H and O–H groups in total. The lowest BCUT2D eigenvalue weighted by atomic mass is 10.0. The lowest BCUT2D eigenvalue weighted by Gasteiger charge is -2.27. The van der Waals surface area contributed by atoms with E-state index in [1.807, 2.05) is 18.2 Å². The first-order valence-electron chi connectivity index (χ1n) is 8.21. The number of nitrogens with zero attached hydrogens (tertiary/aromatic N) is 2. The number of hydrogen-bond donors (Lipinski definition) is 2. The molecule has 3 aromatic rings. The summed E-state index contributed by atoms with van der Waals surface area (Å²) < 4.78 is 25.0. The zero-order chi connectivity index (χ0) is 18.3. The van der Waals surface area contributed by atoms with Gasteiger partial charge >= 0.3 is 0 Å². The van der Waals surface area contributed by atoms with Gasteiger partial charge in [0.15, 0.2) is 0 Å². The van der Waals surface area contributed by atoms with Crippen LogP contribution in [-0.2, 0) is 23.0 Å². The Kier molecular flexibility index (Phi) is 4.01. The molecular weight excluding hydrogens is 352 g/mol. The number of aromatic nitrogens is 2. The summed E-state index contributed by atoms with van der Waals surface area (Å²) in [6.07, 6.45) is 3.48. The maximum atomic E-state index is 12.5. The van der Waals surface area contributed by atoms with Gasteiger partial charge in [0.1, 0.15) is 0 Å². The van der Waals surface area contributed by atoms with Gasteiger partial charge in [-0.3, -0.25) is 4.79 Å². The second-order valence-electron chi connectivity index (χ2n) is 6.42. The van der Waals surface area contributed by atoms with E-state index in [2.05, 4.69) is 15.3 Å². The van der Waals surface area contributed by atoms with Gasteiger partial charge in [0.2, 0.25) is 10.0 Å². The number of rotatable bonds is 3. The highest BCUT2D eigenvalue weighted by molar-refractivity contribution is 7.88. The number of benzene rings is 2. The maximum Gasteiger partial charge on any atom is 0.255 e. The highest BCUT2D eigenvalue weighted by Crippen LogP contribution is 2.24. The fourth-order valence-corrected chi connectivity index (χ4v) is 3.97. The summed E-state index contributed by atoms with van der Waals surface area (Å²) in [6.45, 7) is 0.819. The van der Waals surface area contributed by atoms with Gasteiger partial charge in [-0.25, -0.2) is 13.4 Å². The number of carbonyl (C=O) groups excluding carboxylic acids is 1. The van der Waals surface area contributed by atoms with Crippen LogP contribution in [0.15, 0.2) is 42.7 Å². The Morgan fingerprint density at radius 1 is 1.19 bits per heavy atom. The molecule has 0 atom stereocenters. The minimum Gasteiger partial charge on any atom is -0.345 e. The van der Waals surface area contributed by atoms with Crippen LogP contribution in [0.4, 0.5) is 5.69 Å². The van der Waals surface area contributed by atoms with E-state index in [1.54, 1.807) is 24.5 Å². The normalized spacial score (nSPS) is 15.0. The molecule has 2 aromatic carbocycles. The largest absolute Gasteiger partial charge is 0.345 e. The van der Waals surface area contributed by atoms with Crippen LogP contribution in [0, 0.1) is 0 Å². The molecule has 0 unspecified atom stereocenters. The molecule has 2 heterocycles. The van der Waals surface area contributed by atoms with Crippen LogP contribution in [-0.4, -0.2) is 41.4 Å². The third-order valence-corrected chi connectivity index (χ3v) is 5.84. The monoisotopic (exact) mass is 370 g/mol. The average Bonchev–Trinajstić information content (AvgIpc) is 3.08. The number of anilines is 1. The number of aromatic amines is 1. The first-order valence-corrected chi connectivity index (χ1v) is 10.1. The van der Waals surface area contributed by atoms with Crippen molar-refractivity contribution in [1.29, 1.82) is 0 Å². The number of hydrogen-bond acceptors (Lipinski definition) is 4. The van der Waals surface area contributed by atoms with Crippen molar-refractivity contribution in [2.75, 3.05) is 18.1 Å². The summed E-state index contributed by atoms with van der Waals surface area (Å²) >= 11 is 0. The third-order valence-electron chi connectivity index (χ3n) is 4.59. The lowest BCUT2D eigenvalue weighted by molar-refractivity contribution is 0.102.